The molecule has 0 fully saturated rings. The summed E-state index contributed by atoms with van der Waals surface area (Å²) in [5.41, 5.74) is 1.67. The van der Waals surface area contributed by atoms with Crippen LogP contribution >= 0.6 is 0 Å². The van der Waals surface area contributed by atoms with E-state index >= 15 is 0 Å². The van der Waals surface area contributed by atoms with Gasteiger partial charge in [-0.25, -0.2) is 12.4 Å². The SMILES string of the molecule is C=CCS(=O)(=O)n1ccc2c(OCc3ccccc3)cccc21. The quantitative estimate of drug-likeness (QED) is 0.650. The maximum Gasteiger partial charge on any atom is 0.242 e. The van der Waals surface area contributed by atoms with E-state index in [1.807, 2.05) is 36.4 Å². The molecule has 0 aliphatic heterocycles. The highest BCUT2D eigenvalue weighted by atomic mass is 32.2. The van der Waals surface area contributed by atoms with Crippen LogP contribution in [0.3, 0.4) is 0 Å². The van der Waals surface area contributed by atoms with Gasteiger partial charge in [-0.1, -0.05) is 42.5 Å². The maximum absolute atomic E-state index is 12.2. The molecule has 3 rings (SSSR count). The molecule has 0 unspecified atom stereocenters. The summed E-state index contributed by atoms with van der Waals surface area (Å²) in [6.07, 6.45) is 2.94. The Balaban J connectivity index is 1.94. The van der Waals surface area contributed by atoms with Crippen molar-refractivity contribution in [3.05, 3.63) is 79.0 Å². The molecule has 0 spiro atoms. The number of fused-ring (bicyclic) bond motifs is 1. The summed E-state index contributed by atoms with van der Waals surface area (Å²) in [5, 5.41) is 0.774. The molecule has 0 amide bonds. The Bertz CT molecular complexity index is 927. The summed E-state index contributed by atoms with van der Waals surface area (Å²) < 4.78 is 31.6. The molecule has 0 saturated carbocycles. The number of ether oxygens (including phenoxy) is 1. The van der Waals surface area contributed by atoms with Gasteiger partial charge in [-0.2, -0.15) is 0 Å². The third kappa shape index (κ3) is 3.14. The number of rotatable bonds is 6. The summed E-state index contributed by atoms with van der Waals surface area (Å²) in [5.74, 6) is 0.560. The van der Waals surface area contributed by atoms with E-state index in [1.54, 1.807) is 24.4 Å². The van der Waals surface area contributed by atoms with E-state index < -0.39 is 10.0 Å². The monoisotopic (exact) mass is 327 g/mol. The van der Waals surface area contributed by atoms with Crippen molar-refractivity contribution in [3.8, 4) is 5.75 Å². The number of hydrogen-bond donors (Lipinski definition) is 0. The van der Waals surface area contributed by atoms with E-state index in [0.717, 1.165) is 10.9 Å². The lowest BCUT2D eigenvalue weighted by Crippen LogP contribution is -2.13. The smallest absolute Gasteiger partial charge is 0.242 e. The second kappa shape index (κ2) is 6.30. The van der Waals surface area contributed by atoms with Crippen LogP contribution in [-0.4, -0.2) is 18.1 Å². The molecular weight excluding hydrogens is 310 g/mol. The van der Waals surface area contributed by atoms with Crippen molar-refractivity contribution in [2.24, 2.45) is 0 Å². The van der Waals surface area contributed by atoms with Crippen LogP contribution in [0.4, 0.5) is 0 Å². The molecule has 23 heavy (non-hydrogen) atoms. The standard InChI is InChI=1S/C18H17NO3S/c1-2-13-23(20,21)19-12-11-16-17(19)9-6-10-18(16)22-14-15-7-4-3-5-8-15/h2-12H,1,13-14H2. The van der Waals surface area contributed by atoms with Crippen molar-refractivity contribution >= 4 is 20.9 Å². The van der Waals surface area contributed by atoms with Gasteiger partial charge >= 0.3 is 0 Å². The van der Waals surface area contributed by atoms with Crippen molar-refractivity contribution < 1.29 is 13.2 Å². The fourth-order valence-corrected chi connectivity index (χ4v) is 3.61. The summed E-state index contributed by atoms with van der Waals surface area (Å²) in [7, 11) is -3.43. The fraction of sp³-hybridized carbons (Fsp3) is 0.111. The van der Waals surface area contributed by atoms with Gasteiger partial charge in [0.25, 0.3) is 0 Å². The molecule has 1 heterocycles. The van der Waals surface area contributed by atoms with Gasteiger partial charge in [0, 0.05) is 11.6 Å². The Labute approximate surface area is 135 Å². The van der Waals surface area contributed by atoms with E-state index in [9.17, 15) is 8.42 Å². The van der Waals surface area contributed by atoms with Crippen molar-refractivity contribution in [2.45, 2.75) is 6.61 Å². The van der Waals surface area contributed by atoms with E-state index in [2.05, 4.69) is 6.58 Å². The largest absolute Gasteiger partial charge is 0.488 e. The van der Waals surface area contributed by atoms with Crippen LogP contribution in [-0.2, 0) is 16.6 Å². The van der Waals surface area contributed by atoms with E-state index in [-0.39, 0.29) is 5.75 Å². The van der Waals surface area contributed by atoms with Gasteiger partial charge in [-0.15, -0.1) is 6.58 Å². The third-order valence-corrected chi connectivity index (χ3v) is 5.10. The summed E-state index contributed by atoms with van der Waals surface area (Å²) in [6, 6.07) is 17.0. The third-order valence-electron chi connectivity index (χ3n) is 3.52. The van der Waals surface area contributed by atoms with Gasteiger partial charge in [0.1, 0.15) is 12.4 Å². The normalized spacial score (nSPS) is 11.5. The van der Waals surface area contributed by atoms with Gasteiger partial charge < -0.3 is 4.74 Å². The molecule has 0 saturated heterocycles. The molecule has 0 bridgehead atoms. The minimum atomic E-state index is -3.43. The van der Waals surface area contributed by atoms with Crippen LogP contribution in [0.1, 0.15) is 5.56 Å². The van der Waals surface area contributed by atoms with Gasteiger partial charge in [-0.05, 0) is 23.8 Å². The zero-order valence-electron chi connectivity index (χ0n) is 12.6. The van der Waals surface area contributed by atoms with Crippen molar-refractivity contribution in [1.82, 2.24) is 3.97 Å². The molecule has 118 valence electrons. The molecule has 4 nitrogen and oxygen atoms in total. The van der Waals surface area contributed by atoms with E-state index in [4.69, 9.17) is 4.74 Å². The van der Waals surface area contributed by atoms with Crippen LogP contribution in [0.5, 0.6) is 5.75 Å². The summed E-state index contributed by atoms with van der Waals surface area (Å²) in [4.78, 5) is 0. The first-order chi connectivity index (χ1) is 11.1. The first kappa shape index (κ1) is 15.4. The molecule has 0 aliphatic carbocycles. The van der Waals surface area contributed by atoms with Gasteiger partial charge in [0.15, 0.2) is 0 Å². The molecule has 3 aromatic rings. The predicted molar refractivity (Wildman–Crippen MR) is 92.1 cm³/mol. The number of hydrogen-bond acceptors (Lipinski definition) is 3. The fourth-order valence-electron chi connectivity index (χ4n) is 2.45. The van der Waals surface area contributed by atoms with Crippen LogP contribution < -0.4 is 4.74 Å². The van der Waals surface area contributed by atoms with Crippen molar-refractivity contribution in [3.63, 3.8) is 0 Å². The first-order valence-corrected chi connectivity index (χ1v) is 8.84. The maximum atomic E-state index is 12.2. The molecule has 0 aliphatic rings. The zero-order chi connectivity index (χ0) is 16.3. The second-order valence-corrected chi connectivity index (χ2v) is 7.03. The minimum absolute atomic E-state index is 0.105. The minimum Gasteiger partial charge on any atom is -0.488 e. The molecular formula is C18H17NO3S. The Kier molecular flexibility index (Phi) is 4.21. The van der Waals surface area contributed by atoms with Crippen molar-refractivity contribution in [1.29, 1.82) is 0 Å². The van der Waals surface area contributed by atoms with Crippen LogP contribution in [0.15, 0.2) is 73.4 Å². The molecule has 0 N–H and O–H groups in total. The lowest BCUT2D eigenvalue weighted by Gasteiger charge is -2.09. The zero-order valence-corrected chi connectivity index (χ0v) is 13.4. The number of nitrogens with zero attached hydrogens (tertiary/aromatic N) is 1. The Hall–Kier alpha value is -2.53. The summed E-state index contributed by atoms with van der Waals surface area (Å²) in [6.45, 7) is 3.93. The highest BCUT2D eigenvalue weighted by molar-refractivity contribution is 7.90. The van der Waals surface area contributed by atoms with Crippen LogP contribution in [0.2, 0.25) is 0 Å². The highest BCUT2D eigenvalue weighted by Crippen LogP contribution is 2.28. The Morgan fingerprint density at radius 3 is 2.57 bits per heavy atom. The summed E-state index contributed by atoms with van der Waals surface area (Å²) >= 11 is 0. The topological polar surface area (TPSA) is 48.3 Å². The molecule has 0 atom stereocenters. The molecule has 0 radical (unpaired) electrons. The second-order valence-electron chi connectivity index (χ2n) is 5.14. The average molecular weight is 327 g/mol. The van der Waals surface area contributed by atoms with Crippen LogP contribution in [0.25, 0.3) is 10.9 Å². The van der Waals surface area contributed by atoms with Gasteiger partial charge in [0.05, 0.1) is 11.3 Å². The lowest BCUT2D eigenvalue weighted by atomic mass is 10.2. The average Bonchev–Trinajstić information content (AvgIpc) is 2.99. The van der Waals surface area contributed by atoms with Crippen molar-refractivity contribution in [2.75, 3.05) is 5.75 Å². The number of benzene rings is 2. The van der Waals surface area contributed by atoms with Gasteiger partial charge in [0.2, 0.25) is 10.0 Å². The van der Waals surface area contributed by atoms with E-state index in [0.29, 0.717) is 17.9 Å². The highest BCUT2D eigenvalue weighted by Gasteiger charge is 2.15. The van der Waals surface area contributed by atoms with E-state index in [1.165, 1.54) is 10.0 Å². The molecule has 1 aromatic heterocycles. The van der Waals surface area contributed by atoms with Crippen LogP contribution in [0, 0.1) is 0 Å². The lowest BCUT2D eigenvalue weighted by molar-refractivity contribution is 0.310. The molecule has 5 heteroatoms. The number of aromatic nitrogens is 1. The van der Waals surface area contributed by atoms with Gasteiger partial charge in [-0.3, -0.25) is 0 Å². The molecule has 2 aromatic carbocycles. The Morgan fingerprint density at radius 2 is 1.83 bits per heavy atom. The first-order valence-electron chi connectivity index (χ1n) is 7.23. The Morgan fingerprint density at radius 1 is 1.04 bits per heavy atom. The predicted octanol–water partition coefficient (Wildman–Crippen LogP) is 3.58.